The van der Waals surface area contributed by atoms with Crippen LogP contribution in [0.4, 0.5) is 0 Å². The van der Waals surface area contributed by atoms with Gasteiger partial charge in [0.15, 0.2) is 0 Å². The number of hydrogen-bond acceptors (Lipinski definition) is 6. The Morgan fingerprint density at radius 3 is 2.90 bits per heavy atom. The Kier molecular flexibility index (Phi) is 3.25. The van der Waals surface area contributed by atoms with Crippen molar-refractivity contribution in [3.63, 3.8) is 0 Å². The average molecular weight is 280 g/mol. The first-order valence-corrected chi connectivity index (χ1v) is 7.06. The first-order valence-electron chi connectivity index (χ1n) is 7.06. The van der Waals surface area contributed by atoms with Crippen LogP contribution in [0.3, 0.4) is 0 Å². The summed E-state index contributed by atoms with van der Waals surface area (Å²) in [5, 5.41) is 14.2. The van der Waals surface area contributed by atoms with Crippen molar-refractivity contribution in [1.82, 2.24) is 15.0 Å². The maximum atomic E-state index is 10.9. The van der Waals surface area contributed by atoms with E-state index in [-0.39, 0.29) is 11.7 Å². The van der Waals surface area contributed by atoms with Crippen molar-refractivity contribution < 1.29 is 14.4 Å². The van der Waals surface area contributed by atoms with E-state index in [0.717, 1.165) is 32.4 Å². The maximum absolute atomic E-state index is 10.9. The van der Waals surface area contributed by atoms with Gasteiger partial charge in [-0.15, -0.1) is 0 Å². The average Bonchev–Trinajstić information content (AvgIpc) is 3.15. The molecule has 3 N–H and O–H groups in total. The van der Waals surface area contributed by atoms with E-state index in [1.807, 2.05) is 0 Å². The lowest BCUT2D eigenvalue weighted by atomic mass is 9.78. The molecule has 0 aromatic carbocycles. The molecule has 3 rings (SSSR count). The molecule has 1 amide bonds. The summed E-state index contributed by atoms with van der Waals surface area (Å²) < 4.78 is 5.01. The Morgan fingerprint density at radius 1 is 1.60 bits per heavy atom. The van der Waals surface area contributed by atoms with Gasteiger partial charge in [0, 0.05) is 13.1 Å². The number of hydrogen-bond donors (Lipinski definition) is 2. The fourth-order valence-corrected chi connectivity index (χ4v) is 3.16. The number of aliphatic hydroxyl groups is 1. The Balaban J connectivity index is 1.60. The second kappa shape index (κ2) is 4.82. The number of rotatable bonds is 4. The number of primary amides is 1. The molecule has 110 valence electrons. The molecular weight excluding hydrogens is 260 g/mol. The fourth-order valence-electron chi connectivity index (χ4n) is 3.16. The fraction of sp³-hybridized carbons (Fsp3) is 0.769. The molecule has 0 unspecified atom stereocenters. The quantitative estimate of drug-likeness (QED) is 0.813. The van der Waals surface area contributed by atoms with Crippen LogP contribution in [0.2, 0.25) is 0 Å². The normalized spacial score (nSPS) is 31.4. The number of piperidine rings is 1. The van der Waals surface area contributed by atoms with Crippen molar-refractivity contribution in [2.45, 2.75) is 38.3 Å². The number of aromatic nitrogens is 2. The van der Waals surface area contributed by atoms with Crippen molar-refractivity contribution in [2.24, 2.45) is 17.6 Å². The Hall–Kier alpha value is -1.47. The van der Waals surface area contributed by atoms with E-state index in [4.69, 9.17) is 10.3 Å². The van der Waals surface area contributed by atoms with Gasteiger partial charge in [0.1, 0.15) is 0 Å². The molecule has 0 bridgehead atoms. The molecule has 1 aliphatic heterocycles. The third kappa shape index (κ3) is 2.43. The van der Waals surface area contributed by atoms with Crippen molar-refractivity contribution in [3.8, 4) is 0 Å². The third-order valence-electron chi connectivity index (χ3n) is 4.55. The second-order valence-electron chi connectivity index (χ2n) is 6.03. The first-order chi connectivity index (χ1) is 9.49. The highest BCUT2D eigenvalue weighted by Crippen LogP contribution is 2.47. The van der Waals surface area contributed by atoms with Gasteiger partial charge < -0.3 is 15.4 Å². The Bertz CT molecular complexity index is 513. The predicted molar refractivity (Wildman–Crippen MR) is 69.5 cm³/mol. The summed E-state index contributed by atoms with van der Waals surface area (Å²) in [6, 6.07) is 0. The molecule has 7 nitrogen and oxygen atoms in total. The van der Waals surface area contributed by atoms with Crippen molar-refractivity contribution in [1.29, 1.82) is 0 Å². The van der Waals surface area contributed by atoms with E-state index in [1.54, 1.807) is 0 Å². The minimum atomic E-state index is -0.685. The monoisotopic (exact) mass is 280 g/mol. The molecule has 2 atom stereocenters. The molecule has 2 aliphatic rings. The summed E-state index contributed by atoms with van der Waals surface area (Å²) in [6.07, 6.45) is 3.06. The Labute approximate surface area is 117 Å². The number of carbonyl (C=O) groups excluding carboxylic acids is 1. The molecule has 20 heavy (non-hydrogen) atoms. The number of likely N-dealkylation sites (tertiary alicyclic amines) is 1. The minimum Gasteiger partial charge on any atom is -0.389 e. The number of carbonyl (C=O) groups is 1. The molecule has 1 aromatic heterocycles. The van der Waals surface area contributed by atoms with Crippen LogP contribution in [-0.2, 0) is 6.54 Å². The van der Waals surface area contributed by atoms with E-state index in [0.29, 0.717) is 18.4 Å². The maximum Gasteiger partial charge on any atom is 0.290 e. The van der Waals surface area contributed by atoms with Crippen LogP contribution in [0.5, 0.6) is 0 Å². The van der Waals surface area contributed by atoms with Gasteiger partial charge in [-0.3, -0.25) is 9.69 Å². The van der Waals surface area contributed by atoms with E-state index >= 15 is 0 Å². The topological polar surface area (TPSA) is 105 Å². The van der Waals surface area contributed by atoms with Crippen LogP contribution in [-0.4, -0.2) is 44.7 Å². The molecule has 1 saturated heterocycles. The van der Waals surface area contributed by atoms with Gasteiger partial charge in [0.2, 0.25) is 5.89 Å². The van der Waals surface area contributed by atoms with Crippen LogP contribution in [0.1, 0.15) is 42.7 Å². The van der Waals surface area contributed by atoms with Crippen LogP contribution in [0, 0.1) is 11.8 Å². The van der Waals surface area contributed by atoms with Gasteiger partial charge >= 0.3 is 0 Å². The van der Waals surface area contributed by atoms with E-state index in [2.05, 4.69) is 22.0 Å². The molecule has 1 saturated carbocycles. The summed E-state index contributed by atoms with van der Waals surface area (Å²) in [4.78, 5) is 17.0. The van der Waals surface area contributed by atoms with Crippen molar-refractivity contribution in [2.75, 3.05) is 13.1 Å². The van der Waals surface area contributed by atoms with Gasteiger partial charge in [-0.25, -0.2) is 0 Å². The van der Waals surface area contributed by atoms with Crippen LogP contribution >= 0.6 is 0 Å². The molecule has 2 heterocycles. The van der Waals surface area contributed by atoms with Crippen LogP contribution in [0.25, 0.3) is 0 Å². The van der Waals surface area contributed by atoms with E-state index in [1.165, 1.54) is 0 Å². The SMILES string of the molecule is C[C@@H]1CN(Cc2nc(C(N)=O)no2)CC[C@@]1(O)C1CC1. The predicted octanol–water partition coefficient (Wildman–Crippen LogP) is 0.151. The lowest BCUT2D eigenvalue weighted by Crippen LogP contribution is -2.51. The second-order valence-corrected chi connectivity index (χ2v) is 6.03. The van der Waals surface area contributed by atoms with Gasteiger partial charge in [-0.05, 0) is 31.1 Å². The molecule has 1 aromatic rings. The largest absolute Gasteiger partial charge is 0.389 e. The molecule has 7 heteroatoms. The van der Waals surface area contributed by atoms with Gasteiger partial charge in [0.25, 0.3) is 11.7 Å². The van der Waals surface area contributed by atoms with Gasteiger partial charge in [-0.1, -0.05) is 12.1 Å². The molecule has 0 spiro atoms. The van der Waals surface area contributed by atoms with E-state index < -0.39 is 11.5 Å². The zero-order chi connectivity index (χ0) is 14.3. The molecule has 2 fully saturated rings. The minimum absolute atomic E-state index is 0.0838. The van der Waals surface area contributed by atoms with Gasteiger partial charge in [0.05, 0.1) is 12.1 Å². The number of nitrogens with two attached hydrogens (primary N) is 1. The first kappa shape index (κ1) is 13.5. The summed E-state index contributed by atoms with van der Waals surface area (Å²) in [5.41, 5.74) is 4.58. The molecule has 1 aliphatic carbocycles. The highest BCUT2D eigenvalue weighted by Gasteiger charge is 2.49. The summed E-state index contributed by atoms with van der Waals surface area (Å²) in [7, 11) is 0. The lowest BCUT2D eigenvalue weighted by Gasteiger charge is -2.43. The van der Waals surface area contributed by atoms with Crippen LogP contribution < -0.4 is 5.73 Å². The summed E-state index contributed by atoms with van der Waals surface area (Å²) >= 11 is 0. The third-order valence-corrected chi connectivity index (χ3v) is 4.55. The summed E-state index contributed by atoms with van der Waals surface area (Å²) in [6.45, 7) is 4.17. The van der Waals surface area contributed by atoms with E-state index in [9.17, 15) is 9.90 Å². The van der Waals surface area contributed by atoms with Crippen molar-refractivity contribution >= 4 is 5.91 Å². The van der Waals surface area contributed by atoms with Gasteiger partial charge in [-0.2, -0.15) is 4.98 Å². The zero-order valence-corrected chi connectivity index (χ0v) is 11.6. The Morgan fingerprint density at radius 2 is 2.35 bits per heavy atom. The highest BCUT2D eigenvalue weighted by molar-refractivity contribution is 5.88. The lowest BCUT2D eigenvalue weighted by molar-refractivity contribution is -0.0845. The zero-order valence-electron chi connectivity index (χ0n) is 11.6. The smallest absolute Gasteiger partial charge is 0.290 e. The summed E-state index contributed by atoms with van der Waals surface area (Å²) in [5.74, 6) is 0.323. The highest BCUT2D eigenvalue weighted by atomic mass is 16.5. The number of amides is 1. The molecular formula is C13H20N4O3. The van der Waals surface area contributed by atoms with Crippen molar-refractivity contribution in [3.05, 3.63) is 11.7 Å². The molecule has 0 radical (unpaired) electrons. The van der Waals surface area contributed by atoms with Crippen LogP contribution in [0.15, 0.2) is 4.52 Å². The standard InChI is InChI=1S/C13H20N4O3/c1-8-6-17(5-4-13(8,19)9-2-3-9)7-10-15-12(11(14)18)16-20-10/h8-9,19H,2-7H2,1H3,(H2,14,18)/t8-,13+/m1/s1. The number of nitrogens with zero attached hydrogens (tertiary/aromatic N) is 3.